The minimum absolute atomic E-state index is 0.0992. The van der Waals surface area contributed by atoms with Crippen molar-refractivity contribution in [2.45, 2.75) is 24.8 Å². The zero-order chi connectivity index (χ0) is 23.1. The highest BCUT2D eigenvalue weighted by Gasteiger charge is 2.54. The highest BCUT2D eigenvalue weighted by molar-refractivity contribution is 7.52. The molecule has 14 heteroatoms. The van der Waals surface area contributed by atoms with Gasteiger partial charge in [-0.2, -0.15) is 8.78 Å². The van der Waals surface area contributed by atoms with Gasteiger partial charge in [-0.25, -0.2) is 14.4 Å². The molecule has 0 unspecified atom stereocenters. The van der Waals surface area contributed by atoms with Crippen molar-refractivity contribution >= 4 is 19.5 Å². The summed E-state index contributed by atoms with van der Waals surface area (Å²) in [7, 11) is -4.71. The molecule has 1 amide bonds. The van der Waals surface area contributed by atoms with Gasteiger partial charge in [-0.15, -0.1) is 10.2 Å². The Hall–Kier alpha value is -3.15. The van der Waals surface area contributed by atoms with Crippen molar-refractivity contribution in [3.63, 3.8) is 0 Å². The van der Waals surface area contributed by atoms with Crippen LogP contribution in [0.5, 0.6) is 0 Å². The van der Waals surface area contributed by atoms with Gasteiger partial charge < -0.3 is 14.2 Å². The highest BCUT2D eigenvalue weighted by Crippen LogP contribution is 2.53. The van der Waals surface area contributed by atoms with E-state index in [1.165, 1.54) is 24.3 Å². The number of carbonyl (C=O) groups is 1. The monoisotopic (exact) mass is 469 g/mol. The zero-order valence-electron chi connectivity index (χ0n) is 16.1. The first kappa shape index (κ1) is 22.1. The first-order chi connectivity index (χ1) is 15.1. The maximum absolute atomic E-state index is 13.4. The summed E-state index contributed by atoms with van der Waals surface area (Å²) in [6.07, 6.45) is -0.867. The van der Waals surface area contributed by atoms with Crippen LogP contribution in [0.1, 0.15) is 30.7 Å². The fourth-order valence-corrected chi connectivity index (χ4v) is 3.79. The number of hydrogen-bond donors (Lipinski definition) is 2. The van der Waals surface area contributed by atoms with Crippen LogP contribution in [0.3, 0.4) is 0 Å². The topological polar surface area (TPSA) is 143 Å². The largest absolute Gasteiger partial charge is 0.415 e. The Kier molecular flexibility index (Phi) is 5.57. The molecule has 1 aromatic carbocycles. The van der Waals surface area contributed by atoms with Gasteiger partial charge in [0.1, 0.15) is 12.0 Å². The maximum atomic E-state index is 13.4. The zero-order valence-corrected chi connectivity index (χ0v) is 17.0. The molecule has 1 saturated carbocycles. The SMILES string of the molecule is O=C(CP(=O)(O)O)N(c1ncc(-c2nnc(C(F)F)o2)cn1)C1(c2ccc(F)cc2)CC1. The molecule has 4 rings (SSSR count). The summed E-state index contributed by atoms with van der Waals surface area (Å²) in [4.78, 5) is 40.7. The van der Waals surface area contributed by atoms with Crippen molar-refractivity contribution in [1.29, 1.82) is 0 Å². The van der Waals surface area contributed by atoms with Crippen LogP contribution < -0.4 is 4.90 Å². The molecule has 2 aromatic heterocycles. The van der Waals surface area contributed by atoms with Gasteiger partial charge in [0.15, 0.2) is 0 Å². The summed E-state index contributed by atoms with van der Waals surface area (Å²) >= 11 is 0. The standard InChI is InChI=1S/C18H15F3N5O5P/c19-12-3-1-11(2-4-12)18(5-6-18)26(13(27)9-32(28,29)30)17-22-7-10(8-23-17)15-24-25-16(31-15)14(20)21/h1-4,7-8,14H,5-6,9H2,(H2,28,29,30). The summed E-state index contributed by atoms with van der Waals surface area (Å²) in [6, 6.07) is 5.36. The second-order valence-corrected chi connectivity index (χ2v) is 8.75. The normalized spacial score (nSPS) is 15.1. The molecule has 32 heavy (non-hydrogen) atoms. The Labute approximate surface area is 178 Å². The number of alkyl halides is 2. The number of nitrogens with zero attached hydrogens (tertiary/aromatic N) is 5. The van der Waals surface area contributed by atoms with Crippen molar-refractivity contribution in [1.82, 2.24) is 20.2 Å². The molecule has 10 nitrogen and oxygen atoms in total. The van der Waals surface area contributed by atoms with Gasteiger partial charge in [0.2, 0.25) is 11.9 Å². The quantitative estimate of drug-likeness (QED) is 0.500. The Morgan fingerprint density at radius 3 is 2.28 bits per heavy atom. The number of halogens is 3. The molecule has 168 valence electrons. The summed E-state index contributed by atoms with van der Waals surface area (Å²) < 4.78 is 55.0. The Bertz CT molecular complexity index is 1180. The van der Waals surface area contributed by atoms with Gasteiger partial charge in [-0.1, -0.05) is 12.1 Å². The Balaban J connectivity index is 1.71. The van der Waals surface area contributed by atoms with Gasteiger partial charge >= 0.3 is 14.0 Å². The van der Waals surface area contributed by atoms with Crippen LogP contribution >= 0.6 is 7.60 Å². The number of carbonyl (C=O) groups excluding carboxylic acids is 1. The van der Waals surface area contributed by atoms with E-state index in [4.69, 9.17) is 4.42 Å². The number of anilines is 1. The van der Waals surface area contributed by atoms with Crippen molar-refractivity contribution in [3.05, 3.63) is 53.9 Å². The molecule has 0 saturated heterocycles. The molecule has 3 aromatic rings. The van der Waals surface area contributed by atoms with E-state index in [2.05, 4.69) is 20.2 Å². The number of hydrogen-bond acceptors (Lipinski definition) is 7. The van der Waals surface area contributed by atoms with Crippen molar-refractivity contribution in [2.24, 2.45) is 0 Å². The highest BCUT2D eigenvalue weighted by atomic mass is 31.2. The minimum Gasteiger partial charge on any atom is -0.415 e. The van der Waals surface area contributed by atoms with Gasteiger partial charge in [0.05, 0.1) is 11.1 Å². The van der Waals surface area contributed by atoms with E-state index in [9.17, 15) is 32.3 Å². The lowest BCUT2D eigenvalue weighted by Crippen LogP contribution is -2.43. The second-order valence-electron chi connectivity index (χ2n) is 7.11. The molecule has 2 heterocycles. The molecule has 1 aliphatic rings. The van der Waals surface area contributed by atoms with E-state index in [0.717, 1.165) is 17.3 Å². The average Bonchev–Trinajstić information content (AvgIpc) is 3.34. The number of benzene rings is 1. The Morgan fingerprint density at radius 1 is 1.16 bits per heavy atom. The van der Waals surface area contributed by atoms with E-state index in [1.807, 2.05) is 0 Å². The fraction of sp³-hybridized carbons (Fsp3) is 0.278. The van der Waals surface area contributed by atoms with Crippen molar-refractivity contribution < 1.29 is 36.7 Å². The van der Waals surface area contributed by atoms with E-state index in [1.54, 1.807) is 0 Å². The third-order valence-electron chi connectivity index (χ3n) is 4.84. The smallest absolute Gasteiger partial charge is 0.334 e. The summed E-state index contributed by atoms with van der Waals surface area (Å²) in [6.45, 7) is 0. The van der Waals surface area contributed by atoms with Gasteiger partial charge in [-0.3, -0.25) is 14.3 Å². The van der Waals surface area contributed by atoms with Crippen LogP contribution in [-0.2, 0) is 14.9 Å². The summed E-state index contributed by atoms with van der Waals surface area (Å²) in [5.74, 6) is -2.73. The van der Waals surface area contributed by atoms with Crippen LogP contribution in [-0.4, -0.2) is 42.0 Å². The third kappa shape index (κ3) is 4.40. The summed E-state index contributed by atoms with van der Waals surface area (Å²) in [5, 5.41) is 6.70. The molecular formula is C18H15F3N5O5P. The lowest BCUT2D eigenvalue weighted by atomic mass is 10.0. The third-order valence-corrected chi connectivity index (χ3v) is 5.52. The molecule has 0 spiro atoms. The van der Waals surface area contributed by atoms with Crippen LogP contribution in [0.2, 0.25) is 0 Å². The van der Waals surface area contributed by atoms with E-state index >= 15 is 0 Å². The van der Waals surface area contributed by atoms with Gasteiger partial charge in [0.25, 0.3) is 11.8 Å². The molecule has 0 atom stereocenters. The van der Waals surface area contributed by atoms with Crippen LogP contribution in [0, 0.1) is 5.82 Å². The molecule has 0 radical (unpaired) electrons. The molecule has 0 bridgehead atoms. The van der Waals surface area contributed by atoms with E-state index in [-0.39, 0.29) is 17.4 Å². The number of aromatic nitrogens is 4. The Morgan fingerprint density at radius 2 is 1.78 bits per heavy atom. The first-order valence-corrected chi connectivity index (χ1v) is 11.0. The number of rotatable bonds is 7. The van der Waals surface area contributed by atoms with Gasteiger partial charge in [-0.05, 0) is 30.5 Å². The summed E-state index contributed by atoms with van der Waals surface area (Å²) in [5.41, 5.74) is -0.360. The average molecular weight is 469 g/mol. The molecule has 1 aliphatic carbocycles. The lowest BCUT2D eigenvalue weighted by molar-refractivity contribution is -0.117. The maximum Gasteiger partial charge on any atom is 0.334 e. The van der Waals surface area contributed by atoms with Crippen molar-refractivity contribution in [3.8, 4) is 11.5 Å². The second kappa shape index (κ2) is 8.08. The van der Waals surface area contributed by atoms with E-state index < -0.39 is 43.3 Å². The van der Waals surface area contributed by atoms with E-state index in [0.29, 0.717) is 18.4 Å². The van der Waals surface area contributed by atoms with Crippen molar-refractivity contribution in [2.75, 3.05) is 11.1 Å². The first-order valence-electron chi connectivity index (χ1n) is 9.17. The minimum atomic E-state index is -4.71. The molecule has 1 fully saturated rings. The predicted octanol–water partition coefficient (Wildman–Crippen LogP) is 2.80. The molecular weight excluding hydrogens is 454 g/mol. The van der Waals surface area contributed by atoms with Crippen LogP contribution in [0.25, 0.3) is 11.5 Å². The lowest BCUT2D eigenvalue weighted by Gasteiger charge is -2.31. The van der Waals surface area contributed by atoms with Gasteiger partial charge in [0, 0.05) is 12.4 Å². The predicted molar refractivity (Wildman–Crippen MR) is 102 cm³/mol. The van der Waals surface area contributed by atoms with Crippen LogP contribution in [0.4, 0.5) is 19.1 Å². The van der Waals surface area contributed by atoms with Crippen LogP contribution in [0.15, 0.2) is 41.1 Å². The number of amides is 1. The fourth-order valence-electron chi connectivity index (χ4n) is 3.30. The molecule has 2 N–H and O–H groups in total. The molecule has 0 aliphatic heterocycles.